The standard InChI is InChI=1S/C12H19N3O/c1-9(2)11-3-4-12(14-13-11)15-6-5-10(7-15)8-16/h3-4,9-10,16H,5-8H2,1-2H3. The Morgan fingerprint density at radius 2 is 2.25 bits per heavy atom. The Morgan fingerprint density at radius 3 is 2.75 bits per heavy atom. The number of hydrogen-bond donors (Lipinski definition) is 1. The molecule has 0 radical (unpaired) electrons. The second-order valence-corrected chi connectivity index (χ2v) is 4.75. The first-order chi connectivity index (χ1) is 7.70. The summed E-state index contributed by atoms with van der Waals surface area (Å²) in [5.41, 5.74) is 1.03. The van der Waals surface area contributed by atoms with Crippen LogP contribution in [0.5, 0.6) is 0 Å². The van der Waals surface area contributed by atoms with E-state index in [4.69, 9.17) is 5.11 Å². The molecule has 2 heterocycles. The maximum absolute atomic E-state index is 9.08. The first-order valence-corrected chi connectivity index (χ1v) is 5.90. The van der Waals surface area contributed by atoms with Crippen molar-refractivity contribution in [1.29, 1.82) is 0 Å². The molecule has 1 saturated heterocycles. The molecule has 0 amide bonds. The molecule has 16 heavy (non-hydrogen) atoms. The van der Waals surface area contributed by atoms with Gasteiger partial charge in [0.05, 0.1) is 5.69 Å². The Labute approximate surface area is 96.3 Å². The minimum absolute atomic E-state index is 0.272. The molecule has 0 saturated carbocycles. The summed E-state index contributed by atoms with van der Waals surface area (Å²) in [4.78, 5) is 2.19. The van der Waals surface area contributed by atoms with Crippen molar-refractivity contribution in [3.05, 3.63) is 17.8 Å². The van der Waals surface area contributed by atoms with E-state index in [1.807, 2.05) is 12.1 Å². The van der Waals surface area contributed by atoms with E-state index in [0.29, 0.717) is 11.8 Å². The van der Waals surface area contributed by atoms with Crippen LogP contribution in [-0.2, 0) is 0 Å². The van der Waals surface area contributed by atoms with Crippen LogP contribution in [0, 0.1) is 5.92 Å². The fourth-order valence-corrected chi connectivity index (χ4v) is 2.00. The van der Waals surface area contributed by atoms with Gasteiger partial charge in [0, 0.05) is 25.6 Å². The number of anilines is 1. The van der Waals surface area contributed by atoms with Crippen molar-refractivity contribution in [3.63, 3.8) is 0 Å². The van der Waals surface area contributed by atoms with Crippen molar-refractivity contribution in [2.24, 2.45) is 5.92 Å². The monoisotopic (exact) mass is 221 g/mol. The minimum Gasteiger partial charge on any atom is -0.396 e. The Hall–Kier alpha value is -1.16. The minimum atomic E-state index is 0.272. The van der Waals surface area contributed by atoms with Gasteiger partial charge in [-0.3, -0.25) is 0 Å². The van der Waals surface area contributed by atoms with Gasteiger partial charge in [0.25, 0.3) is 0 Å². The number of aromatic nitrogens is 2. The second-order valence-electron chi connectivity index (χ2n) is 4.75. The summed E-state index contributed by atoms with van der Waals surface area (Å²) >= 11 is 0. The van der Waals surface area contributed by atoms with Crippen LogP contribution in [0.1, 0.15) is 31.9 Å². The van der Waals surface area contributed by atoms with Crippen molar-refractivity contribution in [3.8, 4) is 0 Å². The van der Waals surface area contributed by atoms with Crippen LogP contribution in [0.2, 0.25) is 0 Å². The van der Waals surface area contributed by atoms with Crippen LogP contribution >= 0.6 is 0 Å². The van der Waals surface area contributed by atoms with E-state index in [1.54, 1.807) is 0 Å². The molecule has 0 aromatic carbocycles. The fourth-order valence-electron chi connectivity index (χ4n) is 2.00. The third-order valence-electron chi connectivity index (χ3n) is 3.13. The topological polar surface area (TPSA) is 49.2 Å². The molecule has 2 rings (SSSR count). The zero-order chi connectivity index (χ0) is 11.5. The molecule has 0 spiro atoms. The summed E-state index contributed by atoms with van der Waals surface area (Å²) in [5, 5.41) is 17.5. The Kier molecular flexibility index (Phi) is 3.39. The highest BCUT2D eigenvalue weighted by Gasteiger charge is 2.22. The van der Waals surface area contributed by atoms with E-state index in [-0.39, 0.29) is 6.61 Å². The van der Waals surface area contributed by atoms with Crippen LogP contribution in [0.3, 0.4) is 0 Å². The Morgan fingerprint density at radius 1 is 1.44 bits per heavy atom. The van der Waals surface area contributed by atoms with Crippen LogP contribution in [0.15, 0.2) is 12.1 Å². The SMILES string of the molecule is CC(C)c1ccc(N2CCC(CO)C2)nn1. The molecule has 1 aromatic rings. The van der Waals surface area contributed by atoms with E-state index in [2.05, 4.69) is 28.9 Å². The lowest BCUT2D eigenvalue weighted by Gasteiger charge is -2.16. The molecule has 1 aliphatic heterocycles. The summed E-state index contributed by atoms with van der Waals surface area (Å²) in [7, 11) is 0. The molecule has 1 N–H and O–H groups in total. The second kappa shape index (κ2) is 4.78. The molecule has 4 heteroatoms. The Balaban J connectivity index is 2.05. The zero-order valence-electron chi connectivity index (χ0n) is 9.93. The van der Waals surface area contributed by atoms with E-state index < -0.39 is 0 Å². The van der Waals surface area contributed by atoms with E-state index in [0.717, 1.165) is 31.0 Å². The normalized spacial score (nSPS) is 20.8. The summed E-state index contributed by atoms with van der Waals surface area (Å²) in [6.07, 6.45) is 1.05. The molecule has 1 unspecified atom stereocenters. The lowest BCUT2D eigenvalue weighted by Crippen LogP contribution is -2.22. The number of nitrogens with zero attached hydrogens (tertiary/aromatic N) is 3. The predicted octanol–water partition coefficient (Wildman–Crippen LogP) is 1.42. The van der Waals surface area contributed by atoms with Crippen molar-refractivity contribution < 1.29 is 5.11 Å². The largest absolute Gasteiger partial charge is 0.396 e. The average molecular weight is 221 g/mol. The highest BCUT2D eigenvalue weighted by molar-refractivity contribution is 5.38. The average Bonchev–Trinajstić information content (AvgIpc) is 2.77. The predicted molar refractivity (Wildman–Crippen MR) is 63.5 cm³/mol. The number of aliphatic hydroxyl groups is 1. The van der Waals surface area contributed by atoms with Gasteiger partial charge < -0.3 is 10.0 Å². The summed E-state index contributed by atoms with van der Waals surface area (Å²) in [5.74, 6) is 1.75. The molecule has 0 bridgehead atoms. The van der Waals surface area contributed by atoms with Gasteiger partial charge in [-0.05, 0) is 24.5 Å². The van der Waals surface area contributed by atoms with Gasteiger partial charge in [0.15, 0.2) is 5.82 Å². The van der Waals surface area contributed by atoms with Crippen molar-refractivity contribution in [2.45, 2.75) is 26.2 Å². The van der Waals surface area contributed by atoms with E-state index in [9.17, 15) is 0 Å². The molecule has 88 valence electrons. The lowest BCUT2D eigenvalue weighted by atomic mass is 10.1. The van der Waals surface area contributed by atoms with Crippen molar-refractivity contribution in [2.75, 3.05) is 24.6 Å². The molecule has 4 nitrogen and oxygen atoms in total. The summed E-state index contributed by atoms with van der Waals surface area (Å²) in [6.45, 7) is 6.36. The zero-order valence-corrected chi connectivity index (χ0v) is 9.93. The van der Waals surface area contributed by atoms with Gasteiger partial charge in [-0.25, -0.2) is 0 Å². The summed E-state index contributed by atoms with van der Waals surface area (Å²) in [6, 6.07) is 4.07. The third kappa shape index (κ3) is 2.32. The van der Waals surface area contributed by atoms with Gasteiger partial charge in [0.1, 0.15) is 0 Å². The van der Waals surface area contributed by atoms with Gasteiger partial charge in [-0.15, -0.1) is 5.10 Å². The first-order valence-electron chi connectivity index (χ1n) is 5.90. The Bertz CT molecular complexity index is 337. The van der Waals surface area contributed by atoms with Crippen LogP contribution in [-0.4, -0.2) is 35.0 Å². The summed E-state index contributed by atoms with van der Waals surface area (Å²) < 4.78 is 0. The van der Waals surface area contributed by atoms with Gasteiger partial charge in [-0.1, -0.05) is 13.8 Å². The van der Waals surface area contributed by atoms with Gasteiger partial charge in [0.2, 0.25) is 0 Å². The van der Waals surface area contributed by atoms with Crippen LogP contribution in [0.25, 0.3) is 0 Å². The van der Waals surface area contributed by atoms with Crippen LogP contribution in [0.4, 0.5) is 5.82 Å². The van der Waals surface area contributed by atoms with Crippen LogP contribution < -0.4 is 4.90 Å². The molecule has 1 fully saturated rings. The molecule has 1 aliphatic rings. The maximum Gasteiger partial charge on any atom is 0.151 e. The first kappa shape index (κ1) is 11.3. The van der Waals surface area contributed by atoms with Gasteiger partial charge >= 0.3 is 0 Å². The smallest absolute Gasteiger partial charge is 0.151 e. The van der Waals surface area contributed by atoms with Gasteiger partial charge in [-0.2, -0.15) is 5.10 Å². The third-order valence-corrected chi connectivity index (χ3v) is 3.13. The molecular formula is C12H19N3O. The van der Waals surface area contributed by atoms with Crippen molar-refractivity contribution in [1.82, 2.24) is 10.2 Å². The number of hydrogen-bond acceptors (Lipinski definition) is 4. The van der Waals surface area contributed by atoms with E-state index in [1.165, 1.54) is 0 Å². The van der Waals surface area contributed by atoms with E-state index >= 15 is 0 Å². The number of aliphatic hydroxyl groups excluding tert-OH is 1. The quantitative estimate of drug-likeness (QED) is 0.838. The maximum atomic E-state index is 9.08. The highest BCUT2D eigenvalue weighted by Crippen LogP contribution is 2.22. The lowest BCUT2D eigenvalue weighted by molar-refractivity contribution is 0.238. The number of rotatable bonds is 3. The highest BCUT2D eigenvalue weighted by atomic mass is 16.3. The molecule has 0 aliphatic carbocycles. The van der Waals surface area contributed by atoms with Crippen molar-refractivity contribution >= 4 is 5.82 Å². The molecular weight excluding hydrogens is 202 g/mol. The molecule has 1 aromatic heterocycles. The molecule has 1 atom stereocenters. The fraction of sp³-hybridized carbons (Fsp3) is 0.667.